The zero-order valence-electron chi connectivity index (χ0n) is 14.0. The van der Waals surface area contributed by atoms with Gasteiger partial charge in [-0.15, -0.1) is 0 Å². The van der Waals surface area contributed by atoms with E-state index >= 15 is 0 Å². The molecule has 1 N–H and O–H groups in total. The van der Waals surface area contributed by atoms with Gasteiger partial charge in [0.05, 0.1) is 0 Å². The van der Waals surface area contributed by atoms with E-state index in [2.05, 4.69) is 14.9 Å². The Morgan fingerprint density at radius 1 is 1.29 bits per heavy atom. The third-order valence-corrected chi connectivity index (χ3v) is 4.46. The first-order valence-corrected chi connectivity index (χ1v) is 8.20. The van der Waals surface area contributed by atoms with Gasteiger partial charge in [-0.2, -0.15) is 0 Å². The first-order valence-electron chi connectivity index (χ1n) is 8.20. The number of aromatic amines is 1. The summed E-state index contributed by atoms with van der Waals surface area (Å²) in [4.78, 5) is 35.2. The molecule has 24 heavy (non-hydrogen) atoms. The average Bonchev–Trinajstić information content (AvgIpc) is 2.60. The number of anilines is 1. The maximum Gasteiger partial charge on any atom is 0.270 e. The highest BCUT2D eigenvalue weighted by Crippen LogP contribution is 2.21. The normalized spacial score (nSPS) is 17.6. The van der Waals surface area contributed by atoms with Crippen LogP contribution in [0.3, 0.4) is 0 Å². The number of nitrogens with one attached hydrogen (secondary N) is 1. The van der Waals surface area contributed by atoms with E-state index in [1.54, 1.807) is 24.1 Å². The van der Waals surface area contributed by atoms with E-state index < -0.39 is 0 Å². The van der Waals surface area contributed by atoms with Crippen LogP contribution in [-0.4, -0.2) is 47.0 Å². The minimum Gasteiger partial charge on any atom is -0.355 e. The van der Waals surface area contributed by atoms with Gasteiger partial charge in [0.1, 0.15) is 11.5 Å². The second kappa shape index (κ2) is 6.86. The minimum atomic E-state index is -0.261. The molecule has 1 saturated heterocycles. The molecule has 126 valence electrons. The molecular formula is C18H22N4O2. The topological polar surface area (TPSA) is 69.3 Å². The maximum absolute atomic E-state index is 12.6. The molecule has 0 radical (unpaired) electrons. The van der Waals surface area contributed by atoms with E-state index in [4.69, 9.17) is 0 Å². The molecule has 0 saturated carbocycles. The first kappa shape index (κ1) is 16.2. The van der Waals surface area contributed by atoms with Crippen molar-refractivity contribution in [3.8, 4) is 0 Å². The molecule has 1 fully saturated rings. The predicted molar refractivity (Wildman–Crippen MR) is 93.4 cm³/mol. The standard InChI is InChI=1S/C18H22N4O2/c1-13-6-3-9-16(19-13)22-11-5-7-14(12-22)21(2)18(24)15-8-4-10-17(23)20-15/h3-4,6,8-10,14H,5,7,11-12H2,1-2H3,(H,20,23)/t14-/m0/s1. The summed E-state index contributed by atoms with van der Waals surface area (Å²) < 4.78 is 0. The molecule has 0 bridgehead atoms. The Kier molecular flexibility index (Phi) is 4.64. The molecule has 3 rings (SSSR count). The second-order valence-corrected chi connectivity index (χ2v) is 6.22. The molecule has 0 spiro atoms. The third-order valence-electron chi connectivity index (χ3n) is 4.46. The van der Waals surface area contributed by atoms with Crippen molar-refractivity contribution in [2.45, 2.75) is 25.8 Å². The summed E-state index contributed by atoms with van der Waals surface area (Å²) in [6.45, 7) is 3.67. The number of pyridine rings is 2. The first-order chi connectivity index (χ1) is 11.5. The summed E-state index contributed by atoms with van der Waals surface area (Å²) in [6, 6.07) is 10.7. The van der Waals surface area contributed by atoms with Crippen molar-refractivity contribution in [3.05, 3.63) is 58.1 Å². The lowest BCUT2D eigenvalue weighted by atomic mass is 10.0. The molecule has 1 atom stereocenters. The maximum atomic E-state index is 12.6. The molecule has 0 aliphatic carbocycles. The number of rotatable bonds is 3. The van der Waals surface area contributed by atoms with Gasteiger partial charge >= 0.3 is 0 Å². The summed E-state index contributed by atoms with van der Waals surface area (Å²) in [6.07, 6.45) is 1.95. The number of likely N-dealkylation sites (N-methyl/N-ethyl adjacent to an activating group) is 1. The van der Waals surface area contributed by atoms with Crippen molar-refractivity contribution in [1.29, 1.82) is 0 Å². The number of hydrogen-bond donors (Lipinski definition) is 1. The average molecular weight is 326 g/mol. The van der Waals surface area contributed by atoms with E-state index in [-0.39, 0.29) is 17.5 Å². The van der Waals surface area contributed by atoms with Crippen LogP contribution in [0, 0.1) is 6.92 Å². The molecule has 3 heterocycles. The fourth-order valence-corrected chi connectivity index (χ4v) is 3.11. The number of hydrogen-bond acceptors (Lipinski definition) is 4. The van der Waals surface area contributed by atoms with Gasteiger partial charge in [-0.3, -0.25) is 9.59 Å². The number of carbonyl (C=O) groups excluding carboxylic acids is 1. The summed E-state index contributed by atoms with van der Waals surface area (Å²) in [7, 11) is 1.80. The lowest BCUT2D eigenvalue weighted by molar-refractivity contribution is 0.0711. The summed E-state index contributed by atoms with van der Waals surface area (Å²) >= 11 is 0. The van der Waals surface area contributed by atoms with Gasteiger partial charge in [0.15, 0.2) is 0 Å². The SMILES string of the molecule is Cc1cccc(N2CCC[C@H](N(C)C(=O)c3cccc(=O)[nH]3)C2)n1. The zero-order chi connectivity index (χ0) is 17.1. The van der Waals surface area contributed by atoms with Gasteiger partial charge in [-0.1, -0.05) is 12.1 Å². The Morgan fingerprint density at radius 2 is 2.08 bits per heavy atom. The van der Waals surface area contributed by atoms with Crippen LogP contribution in [0.15, 0.2) is 41.2 Å². The molecule has 6 nitrogen and oxygen atoms in total. The Balaban J connectivity index is 1.74. The summed E-state index contributed by atoms with van der Waals surface area (Å²) in [5.41, 5.74) is 1.06. The van der Waals surface area contributed by atoms with E-state index in [1.165, 1.54) is 6.07 Å². The van der Waals surface area contributed by atoms with Crippen molar-refractivity contribution in [2.75, 3.05) is 25.0 Å². The number of nitrogens with zero attached hydrogens (tertiary/aromatic N) is 3. The molecule has 2 aromatic rings. The number of H-pyrrole nitrogens is 1. The number of piperidine rings is 1. The molecule has 0 unspecified atom stereocenters. The fourth-order valence-electron chi connectivity index (χ4n) is 3.11. The smallest absolute Gasteiger partial charge is 0.270 e. The van der Waals surface area contributed by atoms with Crippen LogP contribution in [0.1, 0.15) is 29.0 Å². The van der Waals surface area contributed by atoms with Crippen LogP contribution in [0.25, 0.3) is 0 Å². The lowest BCUT2D eigenvalue weighted by Gasteiger charge is -2.38. The van der Waals surface area contributed by atoms with Gasteiger partial charge in [-0.25, -0.2) is 4.98 Å². The van der Waals surface area contributed by atoms with Gasteiger partial charge in [-0.05, 0) is 38.0 Å². The molecule has 2 aromatic heterocycles. The van der Waals surface area contributed by atoms with Crippen molar-refractivity contribution >= 4 is 11.7 Å². The Hall–Kier alpha value is -2.63. The quantitative estimate of drug-likeness (QED) is 0.934. The number of aromatic nitrogens is 2. The van der Waals surface area contributed by atoms with Crippen molar-refractivity contribution in [3.63, 3.8) is 0 Å². The molecular weight excluding hydrogens is 304 g/mol. The largest absolute Gasteiger partial charge is 0.355 e. The number of aryl methyl sites for hydroxylation is 1. The van der Waals surface area contributed by atoms with Crippen LogP contribution in [0.4, 0.5) is 5.82 Å². The Labute approximate surface area is 141 Å². The highest BCUT2D eigenvalue weighted by Gasteiger charge is 2.27. The minimum absolute atomic E-state index is 0.0947. The molecule has 0 aromatic carbocycles. The Morgan fingerprint density at radius 3 is 2.83 bits per heavy atom. The van der Waals surface area contributed by atoms with E-state index in [1.807, 2.05) is 25.1 Å². The van der Waals surface area contributed by atoms with Crippen LogP contribution in [0.5, 0.6) is 0 Å². The molecule has 1 aliphatic heterocycles. The second-order valence-electron chi connectivity index (χ2n) is 6.22. The highest BCUT2D eigenvalue weighted by molar-refractivity contribution is 5.92. The zero-order valence-corrected chi connectivity index (χ0v) is 14.0. The van der Waals surface area contributed by atoms with Crippen LogP contribution in [-0.2, 0) is 0 Å². The Bertz CT molecular complexity index is 786. The lowest BCUT2D eigenvalue weighted by Crippen LogP contribution is -2.49. The van der Waals surface area contributed by atoms with Gasteiger partial charge in [0.2, 0.25) is 5.56 Å². The van der Waals surface area contributed by atoms with Crippen molar-refractivity contribution < 1.29 is 4.79 Å². The monoisotopic (exact) mass is 326 g/mol. The number of amides is 1. The molecule has 1 aliphatic rings. The predicted octanol–water partition coefficient (Wildman–Crippen LogP) is 1.82. The van der Waals surface area contributed by atoms with Crippen LogP contribution in [0.2, 0.25) is 0 Å². The highest BCUT2D eigenvalue weighted by atomic mass is 16.2. The van der Waals surface area contributed by atoms with Gasteiger partial charge in [0, 0.05) is 37.9 Å². The van der Waals surface area contributed by atoms with Gasteiger partial charge < -0.3 is 14.8 Å². The van der Waals surface area contributed by atoms with Crippen molar-refractivity contribution in [2.24, 2.45) is 0 Å². The van der Waals surface area contributed by atoms with E-state index in [9.17, 15) is 9.59 Å². The van der Waals surface area contributed by atoms with E-state index in [0.717, 1.165) is 37.4 Å². The van der Waals surface area contributed by atoms with Crippen molar-refractivity contribution in [1.82, 2.24) is 14.9 Å². The molecule has 6 heteroatoms. The van der Waals surface area contributed by atoms with Gasteiger partial charge in [0.25, 0.3) is 5.91 Å². The van der Waals surface area contributed by atoms with E-state index in [0.29, 0.717) is 5.69 Å². The number of carbonyl (C=O) groups is 1. The third kappa shape index (κ3) is 3.48. The summed E-state index contributed by atoms with van der Waals surface area (Å²) in [5, 5.41) is 0. The fraction of sp³-hybridized carbons (Fsp3) is 0.389. The molecule has 1 amide bonds. The van der Waals surface area contributed by atoms with Crippen LogP contribution >= 0.6 is 0 Å². The summed E-state index contributed by atoms with van der Waals surface area (Å²) in [5.74, 6) is 0.797. The van der Waals surface area contributed by atoms with Crippen LogP contribution < -0.4 is 10.5 Å².